The fourth-order valence-electron chi connectivity index (χ4n) is 3.22. The molecule has 33 heavy (non-hydrogen) atoms. The fraction of sp³-hybridized carbons (Fsp3) is 0.565. The number of halogens is 3. The Labute approximate surface area is 195 Å². The van der Waals surface area contributed by atoms with Crippen LogP contribution < -0.4 is 9.62 Å². The third kappa shape index (κ3) is 6.44. The topological polar surface area (TPSA) is 75.7 Å². The van der Waals surface area contributed by atoms with Crippen molar-refractivity contribution in [2.24, 2.45) is 0 Å². The van der Waals surface area contributed by atoms with Crippen LogP contribution in [0.2, 0.25) is 0 Å². The maximum absolute atomic E-state index is 13.8. The lowest BCUT2D eigenvalue weighted by Gasteiger charge is -2.26. The predicted molar refractivity (Wildman–Crippen MR) is 123 cm³/mol. The summed E-state index contributed by atoms with van der Waals surface area (Å²) in [5.41, 5.74) is 0.657. The van der Waals surface area contributed by atoms with Crippen LogP contribution in [0, 0.1) is 6.92 Å². The van der Waals surface area contributed by atoms with Crippen LogP contribution in [0.25, 0.3) is 5.57 Å². The Hall–Kier alpha value is -2.20. The standard InChI is InChI=1S/C23H31F3N2O4S/c1-13-9-10-16-15(11-13)18(19(29)28(16)20(30)32-21(3,4)5)14(2)12-17(23(24,25)26)27-33(31)22(6,7)8/h9-11,17,27H,12H2,1-8H3/b18-14-/t17-,33?/m0/s1. The predicted octanol–water partition coefficient (Wildman–Crippen LogP) is 5.42. The quantitative estimate of drug-likeness (QED) is 0.574. The minimum atomic E-state index is -4.70. The Balaban J connectivity index is 2.53. The Morgan fingerprint density at radius 2 is 1.73 bits per heavy atom. The molecule has 1 N–H and O–H groups in total. The molecule has 0 spiro atoms. The molecule has 2 atom stereocenters. The van der Waals surface area contributed by atoms with Gasteiger partial charge in [-0.2, -0.15) is 13.2 Å². The van der Waals surface area contributed by atoms with Crippen molar-refractivity contribution in [1.82, 2.24) is 4.72 Å². The van der Waals surface area contributed by atoms with E-state index in [2.05, 4.69) is 4.72 Å². The van der Waals surface area contributed by atoms with E-state index in [1.807, 2.05) is 0 Å². The number of carbonyl (C=O) groups excluding carboxylic acids is 2. The normalized spacial score (nSPS) is 18.2. The molecule has 0 aromatic heterocycles. The molecule has 10 heteroatoms. The summed E-state index contributed by atoms with van der Waals surface area (Å²) in [6, 6.07) is 2.79. The van der Waals surface area contributed by atoms with Crippen molar-refractivity contribution in [3.05, 3.63) is 34.9 Å². The second kappa shape index (κ2) is 9.21. The van der Waals surface area contributed by atoms with E-state index in [9.17, 15) is 27.0 Å². The van der Waals surface area contributed by atoms with E-state index in [0.29, 0.717) is 5.56 Å². The van der Waals surface area contributed by atoms with Crippen LogP contribution in [0.5, 0.6) is 0 Å². The molecule has 184 valence electrons. The number of benzene rings is 1. The number of hydrogen-bond acceptors (Lipinski definition) is 4. The maximum Gasteiger partial charge on any atom is 0.422 e. The largest absolute Gasteiger partial charge is 0.443 e. The Morgan fingerprint density at radius 1 is 1.15 bits per heavy atom. The monoisotopic (exact) mass is 488 g/mol. The van der Waals surface area contributed by atoms with Crippen LogP contribution in [-0.2, 0) is 20.5 Å². The summed E-state index contributed by atoms with van der Waals surface area (Å²) in [4.78, 5) is 26.9. The number of hydrogen-bond donors (Lipinski definition) is 1. The maximum atomic E-state index is 13.8. The van der Waals surface area contributed by atoms with Crippen LogP contribution in [0.15, 0.2) is 23.8 Å². The van der Waals surface area contributed by atoms with E-state index in [0.717, 1.165) is 10.5 Å². The van der Waals surface area contributed by atoms with Gasteiger partial charge in [0.15, 0.2) is 0 Å². The number of amides is 2. The molecule has 0 fully saturated rings. The van der Waals surface area contributed by atoms with Gasteiger partial charge in [-0.25, -0.2) is 18.6 Å². The molecular formula is C23H31F3N2O4S. The van der Waals surface area contributed by atoms with Gasteiger partial charge in [0.25, 0.3) is 5.91 Å². The first kappa shape index (κ1) is 27.0. The zero-order chi connectivity index (χ0) is 25.5. The summed E-state index contributed by atoms with van der Waals surface area (Å²) in [7, 11) is -1.98. The highest BCUT2D eigenvalue weighted by atomic mass is 32.2. The van der Waals surface area contributed by atoms with Crippen LogP contribution in [-0.4, -0.2) is 38.8 Å². The van der Waals surface area contributed by atoms with Gasteiger partial charge in [-0.3, -0.25) is 4.79 Å². The van der Waals surface area contributed by atoms with Crippen LogP contribution in [0.3, 0.4) is 0 Å². The van der Waals surface area contributed by atoms with Gasteiger partial charge < -0.3 is 4.74 Å². The lowest BCUT2D eigenvalue weighted by Crippen LogP contribution is -2.47. The summed E-state index contributed by atoms with van der Waals surface area (Å²) in [5, 5.41) is 0. The van der Waals surface area contributed by atoms with Crippen molar-refractivity contribution in [1.29, 1.82) is 0 Å². The van der Waals surface area contributed by atoms with Crippen molar-refractivity contribution < 1.29 is 31.7 Å². The molecule has 1 aromatic rings. The first-order chi connectivity index (χ1) is 14.8. The van der Waals surface area contributed by atoms with Crippen LogP contribution >= 0.6 is 0 Å². The van der Waals surface area contributed by atoms with Crippen molar-refractivity contribution in [2.75, 3.05) is 4.90 Å². The highest BCUT2D eigenvalue weighted by Crippen LogP contribution is 2.41. The first-order valence-corrected chi connectivity index (χ1v) is 11.6. The van der Waals surface area contributed by atoms with E-state index in [1.54, 1.807) is 66.7 Å². The lowest BCUT2D eigenvalue weighted by molar-refractivity contribution is -0.150. The minimum absolute atomic E-state index is 0.0113. The Kier molecular flexibility index (Phi) is 7.55. The van der Waals surface area contributed by atoms with E-state index in [1.165, 1.54) is 6.92 Å². The molecule has 0 aliphatic carbocycles. The number of imide groups is 1. The van der Waals surface area contributed by atoms with Gasteiger partial charge >= 0.3 is 12.3 Å². The van der Waals surface area contributed by atoms with Crippen molar-refractivity contribution in [2.45, 2.75) is 84.4 Å². The number of rotatable bonds is 4. The van der Waals surface area contributed by atoms with Gasteiger partial charge in [0.05, 0.1) is 21.4 Å². The summed E-state index contributed by atoms with van der Waals surface area (Å²) in [5.74, 6) is -0.750. The van der Waals surface area contributed by atoms with Crippen LogP contribution in [0.1, 0.15) is 66.0 Å². The lowest BCUT2D eigenvalue weighted by atomic mass is 9.96. The highest BCUT2D eigenvalue weighted by Gasteiger charge is 2.44. The third-order valence-corrected chi connectivity index (χ3v) is 6.40. The molecule has 2 amide bonds. The third-order valence-electron chi connectivity index (χ3n) is 4.79. The molecule has 1 aliphatic heterocycles. The number of nitrogens with one attached hydrogen (secondary N) is 1. The molecule has 6 nitrogen and oxygen atoms in total. The van der Waals surface area contributed by atoms with E-state index < -0.39 is 52.0 Å². The number of ether oxygens (including phenoxy) is 1. The van der Waals surface area contributed by atoms with E-state index in [4.69, 9.17) is 4.74 Å². The number of carbonyl (C=O) groups is 2. The Morgan fingerprint density at radius 3 is 2.21 bits per heavy atom. The molecule has 0 saturated heterocycles. The minimum Gasteiger partial charge on any atom is -0.443 e. The second-order valence-corrected chi connectivity index (χ2v) is 12.1. The zero-order valence-electron chi connectivity index (χ0n) is 20.1. The van der Waals surface area contributed by atoms with E-state index in [-0.39, 0.29) is 16.8 Å². The smallest absolute Gasteiger partial charge is 0.422 e. The average molecular weight is 489 g/mol. The molecule has 0 saturated carbocycles. The summed E-state index contributed by atoms with van der Waals surface area (Å²) in [6.45, 7) is 12.8. The molecule has 1 heterocycles. The summed E-state index contributed by atoms with van der Waals surface area (Å²) < 4.78 is 60.3. The summed E-state index contributed by atoms with van der Waals surface area (Å²) >= 11 is 0. The number of alkyl halides is 3. The molecule has 1 unspecified atom stereocenters. The average Bonchev–Trinajstić information content (AvgIpc) is 2.88. The van der Waals surface area contributed by atoms with Gasteiger partial charge in [-0.15, -0.1) is 0 Å². The van der Waals surface area contributed by atoms with Crippen molar-refractivity contribution >= 4 is 34.2 Å². The zero-order valence-corrected chi connectivity index (χ0v) is 21.0. The number of fused-ring (bicyclic) bond motifs is 1. The highest BCUT2D eigenvalue weighted by molar-refractivity contribution is 7.84. The van der Waals surface area contributed by atoms with Gasteiger partial charge in [0.2, 0.25) is 0 Å². The SMILES string of the molecule is C/C(C[C@H](NS(=O)C(C)(C)C)C(F)(F)F)=C1/C(=O)N(C(=O)OC(C)(C)C)c2ccc(C)cc21. The molecule has 1 aromatic carbocycles. The van der Waals surface area contributed by atoms with Gasteiger partial charge in [0, 0.05) is 11.1 Å². The number of aryl methyl sites for hydroxylation is 1. The number of anilines is 1. The summed E-state index contributed by atoms with van der Waals surface area (Å²) in [6.07, 6.45) is -6.22. The van der Waals surface area contributed by atoms with E-state index >= 15 is 0 Å². The molecule has 0 bridgehead atoms. The van der Waals surface area contributed by atoms with Crippen molar-refractivity contribution in [3.63, 3.8) is 0 Å². The fourth-order valence-corrected chi connectivity index (χ4v) is 4.05. The molecule has 1 aliphatic rings. The van der Waals surface area contributed by atoms with Gasteiger partial charge in [-0.05, 0) is 73.9 Å². The van der Waals surface area contributed by atoms with Gasteiger partial charge in [0.1, 0.15) is 11.6 Å². The molecule has 2 rings (SSSR count). The van der Waals surface area contributed by atoms with Crippen LogP contribution in [0.4, 0.5) is 23.7 Å². The Bertz CT molecular complexity index is 1000. The first-order valence-electron chi connectivity index (χ1n) is 10.5. The van der Waals surface area contributed by atoms with Crippen molar-refractivity contribution in [3.8, 4) is 0 Å². The molecular weight excluding hydrogens is 457 g/mol. The molecule has 0 radical (unpaired) electrons. The second-order valence-electron chi connectivity index (χ2n) is 10.1. The van der Waals surface area contributed by atoms with Gasteiger partial charge in [-0.1, -0.05) is 17.2 Å². The number of nitrogens with zero attached hydrogens (tertiary/aromatic N) is 1.